The van der Waals surface area contributed by atoms with Gasteiger partial charge in [0.1, 0.15) is 36.1 Å². The van der Waals surface area contributed by atoms with Crippen LogP contribution in [-0.2, 0) is 35.4 Å². The zero-order valence-electron chi connectivity index (χ0n) is 45.5. The summed E-state index contributed by atoms with van der Waals surface area (Å²) in [6.07, 6.45) is 5.99. The van der Waals surface area contributed by atoms with Crippen molar-refractivity contribution in [3.8, 4) is 12.0 Å². The molecule has 406 valence electrons. The van der Waals surface area contributed by atoms with Crippen LogP contribution < -0.4 is 29.5 Å². The van der Waals surface area contributed by atoms with E-state index < -0.39 is 11.2 Å². The lowest BCUT2D eigenvalue weighted by molar-refractivity contribution is 0.0230. The number of rotatable bonds is 10. The number of fused-ring (bicyclic) bond motifs is 2. The Bertz CT molecular complexity index is 2300. The molecule has 2 aromatic heterocycles. The third-order valence-electron chi connectivity index (χ3n) is 14.4. The summed E-state index contributed by atoms with van der Waals surface area (Å²) >= 11 is 0. The Balaban J connectivity index is 0.000000239. The van der Waals surface area contributed by atoms with Gasteiger partial charge in [-0.1, -0.05) is 32.0 Å². The molecule has 0 saturated carbocycles. The number of hydrogen-bond donors (Lipinski definition) is 1. The first-order chi connectivity index (χ1) is 33.9. The zero-order chi connectivity index (χ0) is 50.5. The number of aromatic nitrogens is 4. The van der Waals surface area contributed by atoms with Crippen LogP contribution in [0.4, 0.5) is 26.9 Å². The molecule has 3 aromatic rings. The predicted molar refractivity (Wildman–Crippen MR) is 298 cm³/mol. The fraction of sp³-hybridized carbons (Fsp3) is 0.698. The molecule has 0 radical (unpaired) electrons. The van der Waals surface area contributed by atoms with Crippen molar-refractivity contribution in [3.63, 3.8) is 0 Å². The van der Waals surface area contributed by atoms with Crippen LogP contribution in [0.5, 0.6) is 12.0 Å². The second kappa shape index (κ2) is 25.4. The van der Waals surface area contributed by atoms with Gasteiger partial charge < -0.3 is 58.6 Å². The van der Waals surface area contributed by atoms with Gasteiger partial charge in [0.25, 0.3) is 0 Å². The Hall–Kier alpha value is -4.50. The van der Waals surface area contributed by atoms with Crippen molar-refractivity contribution in [3.05, 3.63) is 52.3 Å². The molecule has 2 atom stereocenters. The van der Waals surface area contributed by atoms with Crippen molar-refractivity contribution >= 4 is 56.5 Å². The summed E-state index contributed by atoms with van der Waals surface area (Å²) in [5.74, 6) is 2.37. The minimum Gasteiger partial charge on any atom is -0.462 e. The number of likely N-dealkylation sites (N-methyl/N-ethyl adjacent to an activating group) is 2. The van der Waals surface area contributed by atoms with E-state index in [9.17, 15) is 9.59 Å². The summed E-state index contributed by atoms with van der Waals surface area (Å²) in [5.41, 5.74) is 6.14. The number of carbonyl (C=O) groups excluding carboxylic acids is 2. The molecule has 4 saturated heterocycles. The highest BCUT2D eigenvalue weighted by atomic mass is 32.1. The number of likely N-dealkylation sites (tertiary alicyclic amines) is 2. The van der Waals surface area contributed by atoms with Crippen LogP contribution >= 0.6 is 27.0 Å². The number of benzene rings is 1. The second-order valence-electron chi connectivity index (χ2n) is 22.4. The Morgan fingerprint density at radius 1 is 0.630 bits per heavy atom. The summed E-state index contributed by atoms with van der Waals surface area (Å²) in [7, 11) is 4.31. The summed E-state index contributed by atoms with van der Waals surface area (Å²) in [5, 5.41) is 3.40. The quantitative estimate of drug-likeness (QED) is 0.232. The molecule has 2 amide bonds. The number of piperazine rings is 2. The van der Waals surface area contributed by atoms with Gasteiger partial charge >= 0.3 is 24.2 Å². The molecular formula is C53H86N12O6S2. The topological polar surface area (TPSA) is 157 Å². The SMILES string of the molecule is CC(C)c1ccccc1N1CCc2c(nc(OC[C@@H]3CCCN3C)nc2N2CCN(C(=O)OC(C)(C)C)CC2)C1.CN1CCC[C@H]1COc1nc2c(c(N3CCN(C(=O)OC(C)(C)C)CC3)n1)CCNC2.S.S. The van der Waals surface area contributed by atoms with Crippen molar-refractivity contribution in [1.82, 2.24) is 44.9 Å². The number of nitrogens with one attached hydrogen (secondary N) is 1. The Kier molecular flexibility index (Phi) is 20.1. The molecule has 6 aliphatic rings. The van der Waals surface area contributed by atoms with E-state index in [4.69, 9.17) is 38.9 Å². The van der Waals surface area contributed by atoms with E-state index in [2.05, 4.69) is 82.0 Å². The lowest BCUT2D eigenvalue weighted by Crippen LogP contribution is -2.50. The minimum atomic E-state index is -0.500. The molecule has 0 bridgehead atoms. The molecule has 4 fully saturated rings. The summed E-state index contributed by atoms with van der Waals surface area (Å²) in [6, 6.07) is 10.5. The van der Waals surface area contributed by atoms with Crippen LogP contribution in [0.2, 0.25) is 0 Å². The van der Waals surface area contributed by atoms with Gasteiger partial charge in [-0.25, -0.2) is 9.59 Å². The van der Waals surface area contributed by atoms with Gasteiger partial charge in [-0.3, -0.25) is 0 Å². The fourth-order valence-corrected chi connectivity index (χ4v) is 10.4. The van der Waals surface area contributed by atoms with Gasteiger partial charge in [-0.15, -0.1) is 0 Å². The molecule has 0 spiro atoms. The molecule has 0 aliphatic carbocycles. The van der Waals surface area contributed by atoms with Gasteiger partial charge in [0.05, 0.1) is 17.9 Å². The third kappa shape index (κ3) is 15.1. The highest BCUT2D eigenvalue weighted by molar-refractivity contribution is 7.59. The molecule has 18 nitrogen and oxygen atoms in total. The van der Waals surface area contributed by atoms with Gasteiger partial charge in [0.2, 0.25) is 0 Å². The fourth-order valence-electron chi connectivity index (χ4n) is 10.4. The average Bonchev–Trinajstić information content (AvgIpc) is 3.97. The third-order valence-corrected chi connectivity index (χ3v) is 14.4. The normalized spacial score (nSPS) is 20.6. The maximum absolute atomic E-state index is 12.7. The van der Waals surface area contributed by atoms with Crippen molar-refractivity contribution < 1.29 is 28.5 Å². The van der Waals surface area contributed by atoms with E-state index in [1.54, 1.807) is 9.80 Å². The average molecular weight is 1050 g/mol. The largest absolute Gasteiger partial charge is 0.462 e. The van der Waals surface area contributed by atoms with Crippen LogP contribution in [0.25, 0.3) is 0 Å². The van der Waals surface area contributed by atoms with Gasteiger partial charge in [0, 0.05) is 94.3 Å². The standard InChI is InChI=1S/C31H46N6O3.C22H36N6O3.2H2S/c1-22(2)24-11-7-8-12-27(24)37-15-13-25-26(20-37)32-29(39-21-23-10-9-14-34(23)6)33-28(25)35-16-18-36(19-17-35)30(38)40-31(3,4)5;1-22(2,3)31-21(29)28-12-10-27(11-13-28)19-17-7-8-23-14-18(17)24-20(25-19)30-15-16-6-5-9-26(16)4;;/h7-8,11-12,22-23H,9-10,13-21H2,1-6H3;16,23H,5-15H2,1-4H3;2*1H2/t23-;16-;;/m00../s1. The number of hydrogen-bond acceptors (Lipinski definition) is 16. The number of carbonyl (C=O) groups is 2. The van der Waals surface area contributed by atoms with Crippen molar-refractivity contribution in [1.29, 1.82) is 0 Å². The minimum absolute atomic E-state index is 0. The smallest absolute Gasteiger partial charge is 0.410 e. The van der Waals surface area contributed by atoms with Crippen molar-refractivity contribution in [2.45, 2.75) is 136 Å². The number of ether oxygens (including phenoxy) is 4. The maximum Gasteiger partial charge on any atom is 0.410 e. The van der Waals surface area contributed by atoms with E-state index in [0.29, 0.717) is 82.5 Å². The van der Waals surface area contributed by atoms with Gasteiger partial charge in [0.15, 0.2) is 0 Å². The number of nitrogens with zero attached hydrogens (tertiary/aromatic N) is 11. The number of para-hydroxylation sites is 1. The van der Waals surface area contributed by atoms with Crippen molar-refractivity contribution in [2.24, 2.45) is 0 Å². The summed E-state index contributed by atoms with van der Waals surface area (Å²) in [4.78, 5) is 59.9. The van der Waals surface area contributed by atoms with Crippen LogP contribution in [0.3, 0.4) is 0 Å². The Morgan fingerprint density at radius 2 is 1.11 bits per heavy atom. The molecule has 6 aliphatic heterocycles. The monoisotopic (exact) mass is 1050 g/mol. The maximum atomic E-state index is 12.7. The lowest BCUT2D eigenvalue weighted by atomic mass is 9.98. The van der Waals surface area contributed by atoms with Gasteiger partial charge in [-0.05, 0) is 131 Å². The first-order valence-corrected chi connectivity index (χ1v) is 26.3. The van der Waals surface area contributed by atoms with Crippen LogP contribution in [0.15, 0.2) is 24.3 Å². The van der Waals surface area contributed by atoms with Crippen LogP contribution in [0.1, 0.15) is 115 Å². The van der Waals surface area contributed by atoms with E-state index in [0.717, 1.165) is 101 Å². The number of amides is 2. The van der Waals surface area contributed by atoms with Crippen LogP contribution in [-0.4, -0.2) is 181 Å². The van der Waals surface area contributed by atoms with E-state index in [-0.39, 0.29) is 39.2 Å². The van der Waals surface area contributed by atoms with Crippen molar-refractivity contribution in [2.75, 3.05) is 121 Å². The van der Waals surface area contributed by atoms with E-state index in [1.807, 2.05) is 41.5 Å². The predicted octanol–water partition coefficient (Wildman–Crippen LogP) is 6.57. The first-order valence-electron chi connectivity index (χ1n) is 26.3. The molecule has 8 heterocycles. The molecule has 1 N–H and O–H groups in total. The second-order valence-corrected chi connectivity index (χ2v) is 22.4. The summed E-state index contributed by atoms with van der Waals surface area (Å²) < 4.78 is 23.5. The van der Waals surface area contributed by atoms with E-state index >= 15 is 0 Å². The molecule has 73 heavy (non-hydrogen) atoms. The molecular weight excluding hydrogens is 965 g/mol. The summed E-state index contributed by atoms with van der Waals surface area (Å²) in [6.45, 7) is 27.9. The Morgan fingerprint density at radius 3 is 1.58 bits per heavy atom. The molecule has 0 unspecified atom stereocenters. The van der Waals surface area contributed by atoms with E-state index in [1.165, 1.54) is 35.2 Å². The molecule has 20 heteroatoms. The number of anilines is 3. The molecule has 1 aromatic carbocycles. The molecule has 9 rings (SSSR count). The highest BCUT2D eigenvalue weighted by Gasteiger charge is 2.33. The van der Waals surface area contributed by atoms with Gasteiger partial charge in [-0.2, -0.15) is 46.9 Å². The zero-order valence-corrected chi connectivity index (χ0v) is 47.5. The first kappa shape index (κ1) is 57.8. The van der Waals surface area contributed by atoms with Crippen LogP contribution in [0, 0.1) is 0 Å². The lowest BCUT2D eigenvalue weighted by Gasteiger charge is -2.38. The Labute approximate surface area is 449 Å². The highest BCUT2D eigenvalue weighted by Crippen LogP contribution is 2.35.